The average molecular weight is 363 g/mol. The summed E-state index contributed by atoms with van der Waals surface area (Å²) in [6.45, 7) is 9.20. The Balaban J connectivity index is 1.84. The summed E-state index contributed by atoms with van der Waals surface area (Å²) in [4.78, 5) is 0. The third-order valence-electron chi connectivity index (χ3n) is 6.99. The summed E-state index contributed by atoms with van der Waals surface area (Å²) >= 11 is 0. The smallest absolute Gasteiger partial charge is 0.0253 e. The van der Waals surface area contributed by atoms with Gasteiger partial charge in [-0.2, -0.15) is 0 Å². The molecule has 0 aromatic heterocycles. The van der Waals surface area contributed by atoms with Gasteiger partial charge in [0.2, 0.25) is 0 Å². The lowest BCUT2D eigenvalue weighted by molar-refractivity contribution is 1.03. The van der Waals surface area contributed by atoms with Gasteiger partial charge in [0.05, 0.1) is 0 Å². The molecule has 3 aromatic rings. The second-order valence-electron chi connectivity index (χ2n) is 8.23. The highest BCUT2D eigenvalue weighted by Gasteiger charge is 2.42. The summed E-state index contributed by atoms with van der Waals surface area (Å²) in [5.74, 6) is 0.793. The third-order valence-corrected chi connectivity index (χ3v) is 6.99. The molecule has 0 heterocycles. The van der Waals surface area contributed by atoms with Gasteiger partial charge in [-0.25, -0.2) is 0 Å². The second-order valence-corrected chi connectivity index (χ2v) is 8.23. The van der Waals surface area contributed by atoms with Crippen molar-refractivity contribution in [1.29, 1.82) is 0 Å². The quantitative estimate of drug-likeness (QED) is 0.424. The molecule has 0 nitrogen and oxygen atoms in total. The van der Waals surface area contributed by atoms with E-state index in [9.17, 15) is 0 Å². The molecule has 0 spiro atoms. The molecule has 2 aliphatic rings. The molecule has 0 unspecified atom stereocenters. The molecule has 2 aliphatic carbocycles. The molecular formula is C28H26. The van der Waals surface area contributed by atoms with Gasteiger partial charge in [0, 0.05) is 11.8 Å². The molecule has 138 valence electrons. The van der Waals surface area contributed by atoms with Crippen LogP contribution in [0.4, 0.5) is 0 Å². The zero-order chi connectivity index (χ0) is 19.4. The molecule has 0 amide bonds. The Bertz CT molecular complexity index is 1040. The standard InChI is InChI=1S/C28H26/c1-17-18(2)20(4)26-24-16-15-23(25(26)19(17)3)28(24)27(21-11-7-5-8-12-21)22-13-9-6-10-14-22/h5-16,23-24H,1-4H3/t23-,24-/m0/s1. The maximum atomic E-state index is 2.44. The van der Waals surface area contributed by atoms with Gasteiger partial charge in [-0.05, 0) is 83.3 Å². The minimum Gasteiger partial charge on any atom is -0.0760 e. The van der Waals surface area contributed by atoms with Gasteiger partial charge in [-0.3, -0.25) is 0 Å². The number of hydrogen-bond donors (Lipinski definition) is 0. The van der Waals surface area contributed by atoms with Gasteiger partial charge in [0.25, 0.3) is 0 Å². The van der Waals surface area contributed by atoms with Gasteiger partial charge < -0.3 is 0 Å². The number of fused-ring (bicyclic) bond motifs is 5. The molecule has 28 heavy (non-hydrogen) atoms. The highest BCUT2D eigenvalue weighted by Crippen LogP contribution is 2.58. The largest absolute Gasteiger partial charge is 0.0760 e. The van der Waals surface area contributed by atoms with Crippen LogP contribution in [0.25, 0.3) is 5.57 Å². The predicted octanol–water partition coefficient (Wildman–Crippen LogP) is 7.17. The first-order chi connectivity index (χ1) is 13.6. The van der Waals surface area contributed by atoms with Crippen LogP contribution in [0.5, 0.6) is 0 Å². The summed E-state index contributed by atoms with van der Waals surface area (Å²) in [6.07, 6.45) is 4.88. The predicted molar refractivity (Wildman–Crippen MR) is 119 cm³/mol. The van der Waals surface area contributed by atoms with Crippen molar-refractivity contribution in [2.24, 2.45) is 0 Å². The molecule has 0 aliphatic heterocycles. The average Bonchev–Trinajstić information content (AvgIpc) is 3.28. The van der Waals surface area contributed by atoms with E-state index in [1.165, 1.54) is 39.0 Å². The van der Waals surface area contributed by atoms with E-state index in [1.807, 2.05) is 0 Å². The summed E-state index contributed by atoms with van der Waals surface area (Å²) in [7, 11) is 0. The molecule has 2 bridgehead atoms. The van der Waals surface area contributed by atoms with Crippen LogP contribution in [-0.4, -0.2) is 0 Å². The molecule has 0 N–H and O–H groups in total. The number of hydrogen-bond acceptors (Lipinski definition) is 0. The lowest BCUT2D eigenvalue weighted by Gasteiger charge is -2.20. The van der Waals surface area contributed by atoms with Crippen LogP contribution in [0.2, 0.25) is 0 Å². The minimum absolute atomic E-state index is 0.397. The van der Waals surface area contributed by atoms with E-state index in [-0.39, 0.29) is 0 Å². The maximum Gasteiger partial charge on any atom is 0.0253 e. The summed E-state index contributed by atoms with van der Waals surface area (Å²) in [5, 5.41) is 0. The topological polar surface area (TPSA) is 0 Å². The lowest BCUT2D eigenvalue weighted by Crippen LogP contribution is -2.04. The summed E-state index contributed by atoms with van der Waals surface area (Å²) in [6, 6.07) is 21.9. The zero-order valence-electron chi connectivity index (χ0n) is 17.1. The normalized spacial score (nSPS) is 19.2. The van der Waals surface area contributed by atoms with Gasteiger partial charge in [-0.1, -0.05) is 72.8 Å². The van der Waals surface area contributed by atoms with Crippen LogP contribution in [0.1, 0.15) is 56.3 Å². The van der Waals surface area contributed by atoms with Crippen molar-refractivity contribution in [2.75, 3.05) is 0 Å². The Morgan fingerprint density at radius 2 is 0.929 bits per heavy atom. The van der Waals surface area contributed by atoms with Gasteiger partial charge >= 0.3 is 0 Å². The van der Waals surface area contributed by atoms with Crippen molar-refractivity contribution in [1.82, 2.24) is 0 Å². The van der Waals surface area contributed by atoms with E-state index in [1.54, 1.807) is 16.7 Å². The minimum atomic E-state index is 0.397. The molecule has 5 rings (SSSR count). The van der Waals surface area contributed by atoms with Gasteiger partial charge in [0.1, 0.15) is 0 Å². The lowest BCUT2D eigenvalue weighted by atomic mass is 9.84. The maximum absolute atomic E-state index is 2.44. The van der Waals surface area contributed by atoms with Gasteiger partial charge in [-0.15, -0.1) is 0 Å². The Kier molecular flexibility index (Phi) is 3.91. The van der Waals surface area contributed by atoms with Crippen molar-refractivity contribution >= 4 is 5.57 Å². The van der Waals surface area contributed by atoms with E-state index in [4.69, 9.17) is 0 Å². The Labute approximate surface area is 168 Å². The molecule has 0 radical (unpaired) electrons. The molecule has 0 fully saturated rings. The Hall–Kier alpha value is -2.86. The highest BCUT2D eigenvalue weighted by atomic mass is 14.5. The first-order valence-electron chi connectivity index (χ1n) is 10.2. The van der Waals surface area contributed by atoms with Crippen LogP contribution in [0.3, 0.4) is 0 Å². The summed E-state index contributed by atoms with van der Waals surface area (Å²) < 4.78 is 0. The SMILES string of the molecule is Cc1c(C)c(C)c2c(c1C)[C@@H]1C=C[C@@H]2C1=C(c1ccccc1)c1ccccc1. The fourth-order valence-electron chi connectivity index (χ4n) is 5.32. The second kappa shape index (κ2) is 6.34. The van der Waals surface area contributed by atoms with E-state index in [2.05, 4.69) is 101 Å². The van der Waals surface area contributed by atoms with Crippen LogP contribution in [-0.2, 0) is 0 Å². The van der Waals surface area contributed by atoms with Crippen molar-refractivity contribution in [3.05, 3.63) is 123 Å². The molecule has 3 aromatic carbocycles. The zero-order valence-corrected chi connectivity index (χ0v) is 17.1. The van der Waals surface area contributed by atoms with Gasteiger partial charge in [0.15, 0.2) is 0 Å². The van der Waals surface area contributed by atoms with Crippen molar-refractivity contribution in [3.63, 3.8) is 0 Å². The monoisotopic (exact) mass is 362 g/mol. The van der Waals surface area contributed by atoms with E-state index in [0.29, 0.717) is 11.8 Å². The fraction of sp³-hybridized carbons (Fsp3) is 0.214. The molecular weight excluding hydrogens is 336 g/mol. The first kappa shape index (κ1) is 17.3. The van der Waals surface area contributed by atoms with Crippen molar-refractivity contribution in [3.8, 4) is 0 Å². The van der Waals surface area contributed by atoms with Crippen LogP contribution < -0.4 is 0 Å². The summed E-state index contributed by atoms with van der Waals surface area (Å²) in [5.41, 5.74) is 14.6. The fourth-order valence-corrected chi connectivity index (χ4v) is 5.32. The molecule has 0 saturated heterocycles. The van der Waals surface area contributed by atoms with E-state index >= 15 is 0 Å². The number of benzene rings is 3. The van der Waals surface area contributed by atoms with Crippen molar-refractivity contribution < 1.29 is 0 Å². The molecule has 2 atom stereocenters. The van der Waals surface area contributed by atoms with E-state index in [0.717, 1.165) is 0 Å². The Morgan fingerprint density at radius 1 is 0.536 bits per heavy atom. The van der Waals surface area contributed by atoms with Crippen LogP contribution in [0.15, 0.2) is 78.4 Å². The molecule has 0 saturated carbocycles. The van der Waals surface area contributed by atoms with Crippen molar-refractivity contribution in [2.45, 2.75) is 39.5 Å². The van der Waals surface area contributed by atoms with E-state index < -0.39 is 0 Å². The van der Waals surface area contributed by atoms with Crippen LogP contribution in [0, 0.1) is 27.7 Å². The highest BCUT2D eigenvalue weighted by molar-refractivity contribution is 5.88. The number of rotatable bonds is 2. The number of allylic oxidation sites excluding steroid dienone is 3. The van der Waals surface area contributed by atoms with Crippen LogP contribution >= 0.6 is 0 Å². The molecule has 0 heteroatoms. The third kappa shape index (κ3) is 2.31. The Morgan fingerprint density at radius 3 is 1.32 bits per heavy atom. The first-order valence-corrected chi connectivity index (χ1v) is 10.2.